The fraction of sp³-hybridized carbons (Fsp3) is 0.600. The molecule has 4 aliphatic heterocycles. The van der Waals surface area contributed by atoms with E-state index in [2.05, 4.69) is 14.9 Å². The molecule has 0 saturated carbocycles. The van der Waals surface area contributed by atoms with E-state index in [9.17, 15) is 8.42 Å². The van der Waals surface area contributed by atoms with Gasteiger partial charge in [-0.1, -0.05) is 0 Å². The molecule has 0 radical (unpaired) electrons. The number of nitrogens with zero attached hydrogens (tertiary/aromatic N) is 1. The fourth-order valence-corrected chi connectivity index (χ4v) is 5.16. The van der Waals surface area contributed by atoms with Crippen LogP contribution in [0.5, 0.6) is 0 Å². The van der Waals surface area contributed by atoms with Crippen LogP contribution in [0.15, 0.2) is 23.1 Å². The minimum absolute atomic E-state index is 0.0730. The van der Waals surface area contributed by atoms with Crippen molar-refractivity contribution in [3.05, 3.63) is 23.8 Å². The van der Waals surface area contributed by atoms with E-state index in [-0.39, 0.29) is 6.04 Å². The van der Waals surface area contributed by atoms with Gasteiger partial charge in [0.25, 0.3) is 0 Å². The van der Waals surface area contributed by atoms with Crippen LogP contribution in [0.3, 0.4) is 0 Å². The maximum absolute atomic E-state index is 12.6. The summed E-state index contributed by atoms with van der Waals surface area (Å²) in [4.78, 5) is 2.76. The first-order chi connectivity index (χ1) is 10.1. The summed E-state index contributed by atoms with van der Waals surface area (Å²) in [7, 11) is -3.41. The Morgan fingerprint density at radius 3 is 2.76 bits per heavy atom. The molecule has 21 heavy (non-hydrogen) atoms. The molecule has 0 amide bonds. The molecule has 5 nitrogen and oxygen atoms in total. The molecule has 0 aliphatic carbocycles. The number of piperidine rings is 3. The lowest BCUT2D eigenvalue weighted by Crippen LogP contribution is -2.57. The number of fused-ring (bicyclic) bond motifs is 4. The summed E-state index contributed by atoms with van der Waals surface area (Å²) in [5.41, 5.74) is 2.17. The van der Waals surface area contributed by atoms with Gasteiger partial charge in [0.2, 0.25) is 10.0 Å². The molecule has 2 bridgehead atoms. The summed E-state index contributed by atoms with van der Waals surface area (Å²) in [6, 6.07) is 5.48. The number of hydrogen-bond acceptors (Lipinski definition) is 4. The molecule has 1 aromatic carbocycles. The maximum atomic E-state index is 12.6. The summed E-state index contributed by atoms with van der Waals surface area (Å²) in [6.45, 7) is 3.99. The summed E-state index contributed by atoms with van der Waals surface area (Å²) < 4.78 is 28.2. The van der Waals surface area contributed by atoms with E-state index >= 15 is 0 Å². The Bertz CT molecular complexity index is 651. The lowest BCUT2D eigenvalue weighted by atomic mass is 9.85. The second kappa shape index (κ2) is 4.97. The molecule has 0 aromatic heterocycles. The highest BCUT2D eigenvalue weighted by molar-refractivity contribution is 7.89. The van der Waals surface area contributed by atoms with Crippen LogP contribution in [-0.4, -0.2) is 45.5 Å². The van der Waals surface area contributed by atoms with Crippen LogP contribution in [0.25, 0.3) is 0 Å². The summed E-state index contributed by atoms with van der Waals surface area (Å²) in [5, 5.41) is 3.26. The molecule has 114 valence electrons. The Labute approximate surface area is 125 Å². The average Bonchev–Trinajstić information content (AvgIpc) is 2.95. The van der Waals surface area contributed by atoms with E-state index in [1.165, 1.54) is 0 Å². The quantitative estimate of drug-likeness (QED) is 0.875. The number of rotatable bonds is 3. The van der Waals surface area contributed by atoms with E-state index in [4.69, 9.17) is 0 Å². The molecule has 3 fully saturated rings. The lowest BCUT2D eigenvalue weighted by Gasteiger charge is -2.44. The molecule has 4 aliphatic rings. The third kappa shape index (κ3) is 2.45. The van der Waals surface area contributed by atoms with Gasteiger partial charge in [0.1, 0.15) is 0 Å². The van der Waals surface area contributed by atoms with Gasteiger partial charge in [0.05, 0.1) is 4.90 Å². The Balaban J connectivity index is 1.56. The van der Waals surface area contributed by atoms with Gasteiger partial charge in [-0.3, -0.25) is 0 Å². The molecule has 3 saturated heterocycles. The van der Waals surface area contributed by atoms with Crippen LogP contribution in [0.1, 0.15) is 18.4 Å². The Morgan fingerprint density at radius 1 is 1.24 bits per heavy atom. The molecule has 5 rings (SSSR count). The number of benzene rings is 1. The van der Waals surface area contributed by atoms with Gasteiger partial charge in [-0.05, 0) is 62.0 Å². The van der Waals surface area contributed by atoms with Crippen molar-refractivity contribution in [3.63, 3.8) is 0 Å². The normalized spacial score (nSPS) is 31.0. The van der Waals surface area contributed by atoms with Gasteiger partial charge < -0.3 is 10.2 Å². The summed E-state index contributed by atoms with van der Waals surface area (Å²) >= 11 is 0. The van der Waals surface area contributed by atoms with Crippen molar-refractivity contribution in [2.24, 2.45) is 5.92 Å². The van der Waals surface area contributed by atoms with Crippen LogP contribution in [-0.2, 0) is 16.4 Å². The van der Waals surface area contributed by atoms with E-state index < -0.39 is 10.0 Å². The molecule has 2 N–H and O–H groups in total. The minimum atomic E-state index is -3.41. The maximum Gasteiger partial charge on any atom is 0.240 e. The first kappa shape index (κ1) is 13.5. The highest BCUT2D eigenvalue weighted by atomic mass is 32.2. The molecule has 1 unspecified atom stereocenters. The number of sulfonamides is 1. The Morgan fingerprint density at radius 2 is 2.05 bits per heavy atom. The zero-order valence-electron chi connectivity index (χ0n) is 12.0. The predicted molar refractivity (Wildman–Crippen MR) is 81.9 cm³/mol. The fourth-order valence-electron chi connectivity index (χ4n) is 3.81. The monoisotopic (exact) mass is 307 g/mol. The van der Waals surface area contributed by atoms with E-state index in [1.54, 1.807) is 6.07 Å². The summed E-state index contributed by atoms with van der Waals surface area (Å²) in [6.07, 6.45) is 3.13. The minimum Gasteiger partial charge on any atom is -0.384 e. The SMILES string of the molecule is O=S(=O)(NC1CN2CCC1CC2)c1ccc2c(c1)CCN2. The molecule has 0 spiro atoms. The highest BCUT2D eigenvalue weighted by Gasteiger charge is 2.36. The highest BCUT2D eigenvalue weighted by Crippen LogP contribution is 2.29. The van der Waals surface area contributed by atoms with Crippen molar-refractivity contribution in [3.8, 4) is 0 Å². The van der Waals surface area contributed by atoms with Crippen LogP contribution in [0.2, 0.25) is 0 Å². The third-order valence-corrected chi connectivity index (χ3v) is 6.55. The van der Waals surface area contributed by atoms with Crippen molar-refractivity contribution in [1.82, 2.24) is 9.62 Å². The van der Waals surface area contributed by atoms with Crippen LogP contribution >= 0.6 is 0 Å². The number of anilines is 1. The predicted octanol–water partition coefficient (Wildman–Crippen LogP) is 1.03. The van der Waals surface area contributed by atoms with Crippen molar-refractivity contribution in [2.45, 2.75) is 30.2 Å². The lowest BCUT2D eigenvalue weighted by molar-refractivity contribution is 0.0827. The van der Waals surface area contributed by atoms with Crippen molar-refractivity contribution < 1.29 is 8.42 Å². The van der Waals surface area contributed by atoms with Crippen molar-refractivity contribution >= 4 is 15.7 Å². The molecule has 1 atom stereocenters. The van der Waals surface area contributed by atoms with Gasteiger partial charge in [-0.25, -0.2) is 13.1 Å². The summed E-state index contributed by atoms with van der Waals surface area (Å²) in [5.74, 6) is 0.501. The molecular weight excluding hydrogens is 286 g/mol. The molecule has 1 aromatic rings. The third-order valence-electron chi connectivity index (χ3n) is 5.06. The van der Waals surface area contributed by atoms with Gasteiger partial charge in [0, 0.05) is 24.8 Å². The van der Waals surface area contributed by atoms with E-state index in [0.29, 0.717) is 10.8 Å². The zero-order valence-corrected chi connectivity index (χ0v) is 12.8. The Hall–Kier alpha value is -1.11. The topological polar surface area (TPSA) is 61.4 Å². The van der Waals surface area contributed by atoms with E-state index in [0.717, 1.165) is 56.7 Å². The number of hydrogen-bond donors (Lipinski definition) is 2. The van der Waals surface area contributed by atoms with Gasteiger partial charge in [-0.2, -0.15) is 0 Å². The van der Waals surface area contributed by atoms with Gasteiger partial charge in [-0.15, -0.1) is 0 Å². The second-order valence-electron chi connectivity index (χ2n) is 6.36. The Kier molecular flexibility index (Phi) is 3.20. The second-order valence-corrected chi connectivity index (χ2v) is 8.08. The first-order valence-corrected chi connectivity index (χ1v) is 9.22. The van der Waals surface area contributed by atoms with Crippen LogP contribution < -0.4 is 10.0 Å². The molecule has 4 heterocycles. The first-order valence-electron chi connectivity index (χ1n) is 7.73. The zero-order chi connectivity index (χ0) is 14.4. The molecular formula is C15H21N3O2S. The standard InChI is InChI=1S/C15H21N3O2S/c19-21(20,13-1-2-14-12(9-13)3-6-16-14)17-15-10-18-7-4-11(15)5-8-18/h1-2,9,11,15-17H,3-8,10H2. The van der Waals surface area contributed by atoms with Gasteiger partial charge in [0.15, 0.2) is 0 Å². The molecule has 6 heteroatoms. The van der Waals surface area contributed by atoms with Crippen LogP contribution in [0, 0.1) is 5.92 Å². The van der Waals surface area contributed by atoms with Crippen molar-refractivity contribution in [1.29, 1.82) is 0 Å². The van der Waals surface area contributed by atoms with Gasteiger partial charge >= 0.3 is 0 Å². The smallest absolute Gasteiger partial charge is 0.240 e. The van der Waals surface area contributed by atoms with E-state index in [1.807, 2.05) is 12.1 Å². The largest absolute Gasteiger partial charge is 0.384 e. The average molecular weight is 307 g/mol. The van der Waals surface area contributed by atoms with Crippen LogP contribution in [0.4, 0.5) is 5.69 Å². The number of nitrogens with one attached hydrogen (secondary N) is 2. The van der Waals surface area contributed by atoms with Crippen molar-refractivity contribution in [2.75, 3.05) is 31.5 Å².